The van der Waals surface area contributed by atoms with Crippen LogP contribution in [-0.2, 0) is 0 Å². The van der Waals surface area contributed by atoms with Crippen molar-refractivity contribution in [3.63, 3.8) is 0 Å². The van der Waals surface area contributed by atoms with Gasteiger partial charge in [0.15, 0.2) is 0 Å². The second-order valence-corrected chi connectivity index (χ2v) is 5.47. The topological polar surface area (TPSA) is 66.9 Å². The Morgan fingerprint density at radius 3 is 2.78 bits per heavy atom. The summed E-state index contributed by atoms with van der Waals surface area (Å²) in [4.78, 5) is 11.9. The minimum absolute atomic E-state index is 0.251. The predicted molar refractivity (Wildman–Crippen MR) is 76.3 cm³/mol. The molecular formula is C11H11BrN4OS. The van der Waals surface area contributed by atoms with Crippen molar-refractivity contribution in [2.45, 2.75) is 6.92 Å². The van der Waals surface area contributed by atoms with Crippen molar-refractivity contribution in [3.8, 4) is 0 Å². The maximum Gasteiger partial charge on any atom is 0.286 e. The molecule has 1 aromatic heterocycles. The SMILES string of the molecule is CNc1nnc(C(=O)Nc2ccc(Br)cc2C)s1. The van der Waals surface area contributed by atoms with Gasteiger partial charge in [-0.2, -0.15) is 0 Å². The van der Waals surface area contributed by atoms with Crippen molar-refractivity contribution in [1.29, 1.82) is 0 Å². The van der Waals surface area contributed by atoms with E-state index in [9.17, 15) is 4.79 Å². The summed E-state index contributed by atoms with van der Waals surface area (Å²) in [7, 11) is 1.74. The minimum atomic E-state index is -0.251. The Kier molecular flexibility index (Phi) is 3.93. The van der Waals surface area contributed by atoms with Gasteiger partial charge in [-0.1, -0.05) is 27.3 Å². The Labute approximate surface area is 117 Å². The zero-order valence-electron chi connectivity index (χ0n) is 9.82. The molecule has 1 heterocycles. The van der Waals surface area contributed by atoms with E-state index in [4.69, 9.17) is 0 Å². The summed E-state index contributed by atoms with van der Waals surface area (Å²) in [5.41, 5.74) is 1.75. The van der Waals surface area contributed by atoms with Gasteiger partial charge >= 0.3 is 0 Å². The fourth-order valence-electron chi connectivity index (χ4n) is 1.36. The van der Waals surface area contributed by atoms with Crippen molar-refractivity contribution in [3.05, 3.63) is 33.2 Å². The van der Waals surface area contributed by atoms with E-state index in [0.29, 0.717) is 10.1 Å². The third-order valence-electron chi connectivity index (χ3n) is 2.27. The lowest BCUT2D eigenvalue weighted by atomic mass is 10.2. The molecular weight excluding hydrogens is 316 g/mol. The van der Waals surface area contributed by atoms with Crippen LogP contribution in [0.15, 0.2) is 22.7 Å². The first-order chi connectivity index (χ1) is 8.60. The second kappa shape index (κ2) is 5.45. The van der Waals surface area contributed by atoms with E-state index in [1.165, 1.54) is 11.3 Å². The van der Waals surface area contributed by atoms with Crippen molar-refractivity contribution in [1.82, 2.24) is 10.2 Å². The number of nitrogens with zero attached hydrogens (tertiary/aromatic N) is 2. The number of amides is 1. The van der Waals surface area contributed by atoms with E-state index < -0.39 is 0 Å². The van der Waals surface area contributed by atoms with Gasteiger partial charge in [0.25, 0.3) is 5.91 Å². The average Bonchev–Trinajstić information content (AvgIpc) is 2.81. The van der Waals surface area contributed by atoms with Gasteiger partial charge in [-0.3, -0.25) is 4.79 Å². The molecule has 2 N–H and O–H groups in total. The quantitative estimate of drug-likeness (QED) is 0.910. The van der Waals surface area contributed by atoms with Crippen molar-refractivity contribution in [2.75, 3.05) is 17.7 Å². The van der Waals surface area contributed by atoms with Gasteiger partial charge in [-0.25, -0.2) is 0 Å². The fraction of sp³-hybridized carbons (Fsp3) is 0.182. The molecule has 0 spiro atoms. The number of rotatable bonds is 3. The molecule has 0 saturated carbocycles. The monoisotopic (exact) mass is 326 g/mol. The number of hydrogen-bond acceptors (Lipinski definition) is 5. The molecule has 0 unspecified atom stereocenters. The summed E-state index contributed by atoms with van der Waals surface area (Å²) < 4.78 is 0.978. The predicted octanol–water partition coefficient (Wildman–Crippen LogP) is 2.90. The number of halogens is 1. The third kappa shape index (κ3) is 2.85. The van der Waals surface area contributed by atoms with Crippen molar-refractivity contribution in [2.24, 2.45) is 0 Å². The number of anilines is 2. The van der Waals surface area contributed by atoms with Gasteiger partial charge in [0.1, 0.15) is 0 Å². The summed E-state index contributed by atoms with van der Waals surface area (Å²) in [5.74, 6) is -0.251. The van der Waals surface area contributed by atoms with Gasteiger partial charge in [-0.05, 0) is 30.7 Å². The Hall–Kier alpha value is -1.47. The molecule has 0 aliphatic carbocycles. The molecule has 0 aliphatic rings. The molecule has 1 aromatic carbocycles. The molecule has 0 radical (unpaired) electrons. The minimum Gasteiger partial charge on any atom is -0.363 e. The summed E-state index contributed by atoms with van der Waals surface area (Å²) >= 11 is 4.59. The standard InChI is InChI=1S/C11H11BrN4OS/c1-6-5-7(12)3-4-8(6)14-9(17)10-15-16-11(13-2)18-10/h3-5H,1-2H3,(H,13,16)(H,14,17). The summed E-state index contributed by atoms with van der Waals surface area (Å²) in [5, 5.41) is 14.2. The number of aryl methyl sites for hydroxylation is 1. The molecule has 2 aromatic rings. The molecule has 1 amide bonds. The molecule has 0 atom stereocenters. The van der Waals surface area contributed by atoms with Crippen LogP contribution in [0.25, 0.3) is 0 Å². The fourth-order valence-corrected chi connectivity index (χ4v) is 2.43. The van der Waals surface area contributed by atoms with Crippen molar-refractivity contribution >= 4 is 44.0 Å². The van der Waals surface area contributed by atoms with Gasteiger partial charge in [-0.15, -0.1) is 10.2 Å². The van der Waals surface area contributed by atoms with Gasteiger partial charge in [0.05, 0.1) is 0 Å². The molecule has 5 nitrogen and oxygen atoms in total. The summed E-state index contributed by atoms with van der Waals surface area (Å²) in [6.45, 7) is 1.93. The molecule has 94 valence electrons. The van der Waals surface area contributed by atoms with E-state index in [1.807, 2.05) is 25.1 Å². The Bertz CT molecular complexity index is 584. The largest absolute Gasteiger partial charge is 0.363 e. The van der Waals surface area contributed by atoms with Gasteiger partial charge in [0.2, 0.25) is 10.1 Å². The normalized spacial score (nSPS) is 10.2. The van der Waals surface area contributed by atoms with Crippen LogP contribution in [0.2, 0.25) is 0 Å². The number of aromatic nitrogens is 2. The maximum atomic E-state index is 11.9. The first kappa shape index (κ1) is 13.0. The van der Waals surface area contributed by atoms with Crippen LogP contribution in [0.3, 0.4) is 0 Å². The van der Waals surface area contributed by atoms with E-state index >= 15 is 0 Å². The highest BCUT2D eigenvalue weighted by Crippen LogP contribution is 2.21. The third-order valence-corrected chi connectivity index (χ3v) is 3.70. The van der Waals surface area contributed by atoms with Crippen LogP contribution >= 0.6 is 27.3 Å². The van der Waals surface area contributed by atoms with E-state index in [2.05, 4.69) is 36.8 Å². The highest BCUT2D eigenvalue weighted by atomic mass is 79.9. The number of carbonyl (C=O) groups excluding carboxylic acids is 1. The lowest BCUT2D eigenvalue weighted by Crippen LogP contribution is -2.12. The Balaban J connectivity index is 2.16. The molecule has 0 saturated heterocycles. The number of carbonyl (C=O) groups is 1. The maximum absolute atomic E-state index is 11.9. The first-order valence-electron chi connectivity index (χ1n) is 5.19. The lowest BCUT2D eigenvalue weighted by Gasteiger charge is -2.06. The van der Waals surface area contributed by atoms with Crippen LogP contribution < -0.4 is 10.6 Å². The number of hydrogen-bond donors (Lipinski definition) is 2. The Morgan fingerprint density at radius 1 is 1.39 bits per heavy atom. The highest BCUT2D eigenvalue weighted by molar-refractivity contribution is 9.10. The zero-order valence-corrected chi connectivity index (χ0v) is 12.2. The van der Waals surface area contributed by atoms with E-state index in [-0.39, 0.29) is 5.91 Å². The Morgan fingerprint density at radius 2 is 2.17 bits per heavy atom. The van der Waals surface area contributed by atoms with Crippen LogP contribution in [-0.4, -0.2) is 23.2 Å². The molecule has 0 aliphatic heterocycles. The van der Waals surface area contributed by atoms with Gasteiger partial charge < -0.3 is 10.6 Å². The number of nitrogens with one attached hydrogen (secondary N) is 2. The first-order valence-corrected chi connectivity index (χ1v) is 6.80. The van der Waals surface area contributed by atoms with Crippen LogP contribution in [0.5, 0.6) is 0 Å². The molecule has 18 heavy (non-hydrogen) atoms. The van der Waals surface area contributed by atoms with E-state index in [1.54, 1.807) is 7.05 Å². The average molecular weight is 327 g/mol. The molecule has 2 rings (SSSR count). The summed E-state index contributed by atoms with van der Waals surface area (Å²) in [6, 6.07) is 5.66. The van der Waals surface area contributed by atoms with Crippen LogP contribution in [0, 0.1) is 6.92 Å². The van der Waals surface area contributed by atoms with Crippen molar-refractivity contribution < 1.29 is 4.79 Å². The van der Waals surface area contributed by atoms with Gasteiger partial charge in [0, 0.05) is 17.2 Å². The molecule has 0 bridgehead atoms. The smallest absolute Gasteiger partial charge is 0.286 e. The van der Waals surface area contributed by atoms with E-state index in [0.717, 1.165) is 15.7 Å². The highest BCUT2D eigenvalue weighted by Gasteiger charge is 2.13. The summed E-state index contributed by atoms with van der Waals surface area (Å²) in [6.07, 6.45) is 0. The molecule has 0 fully saturated rings. The number of benzene rings is 1. The lowest BCUT2D eigenvalue weighted by molar-refractivity contribution is 0.102. The zero-order chi connectivity index (χ0) is 13.1. The van der Waals surface area contributed by atoms with Crippen LogP contribution in [0.4, 0.5) is 10.8 Å². The molecule has 7 heteroatoms. The van der Waals surface area contributed by atoms with Crippen LogP contribution in [0.1, 0.15) is 15.4 Å². The second-order valence-electron chi connectivity index (χ2n) is 3.58.